The first-order valence-electron chi connectivity index (χ1n) is 10.0. The Morgan fingerprint density at radius 2 is 1.97 bits per heavy atom. The number of aryl methyl sites for hydroxylation is 1. The van der Waals surface area contributed by atoms with Crippen LogP contribution in [0.1, 0.15) is 47.5 Å². The first-order chi connectivity index (χ1) is 13.8. The van der Waals surface area contributed by atoms with Gasteiger partial charge in [-0.3, -0.25) is 14.9 Å². The number of ether oxygens (including phenoxy) is 2. The summed E-state index contributed by atoms with van der Waals surface area (Å²) < 4.78 is 13.4. The summed E-state index contributed by atoms with van der Waals surface area (Å²) in [6.45, 7) is 11.0. The third kappa shape index (κ3) is 5.37. The molecule has 1 aromatic heterocycles. The zero-order chi connectivity index (χ0) is 21.6. The van der Waals surface area contributed by atoms with E-state index in [1.807, 2.05) is 26.8 Å². The van der Waals surface area contributed by atoms with Gasteiger partial charge in [0.1, 0.15) is 6.61 Å². The smallest absolute Gasteiger partial charge is 0.297 e. The Balaban J connectivity index is 2.65. The van der Waals surface area contributed by atoms with E-state index < -0.39 is 4.92 Å². The van der Waals surface area contributed by atoms with Crippen molar-refractivity contribution in [3.8, 4) is 11.5 Å². The number of nitro benzene ring substituents is 1. The minimum atomic E-state index is -0.468. The highest BCUT2D eigenvalue weighted by molar-refractivity contribution is 5.89. The third-order valence-electron chi connectivity index (χ3n) is 4.70. The zero-order valence-corrected chi connectivity index (χ0v) is 17.9. The number of nitro groups is 1. The van der Waals surface area contributed by atoms with Crippen LogP contribution >= 0.6 is 0 Å². The second kappa shape index (κ2) is 10.1. The number of non-ortho nitro benzene ring substituents is 1. The summed E-state index contributed by atoms with van der Waals surface area (Å²) in [5.74, 6) is 0.803. The maximum Gasteiger partial charge on any atom is 0.297 e. The van der Waals surface area contributed by atoms with E-state index in [2.05, 4.69) is 13.8 Å². The molecule has 1 aromatic carbocycles. The summed E-state index contributed by atoms with van der Waals surface area (Å²) in [6.07, 6.45) is 3.94. The number of benzene rings is 1. The number of rotatable bonds is 10. The molecule has 0 saturated heterocycles. The molecule has 29 heavy (non-hydrogen) atoms. The number of nitrogens with zero attached hydrogens (tertiary/aromatic N) is 2. The van der Waals surface area contributed by atoms with Gasteiger partial charge in [-0.05, 0) is 45.3 Å². The predicted octanol–water partition coefficient (Wildman–Crippen LogP) is 5.09. The number of fused-ring (bicyclic) bond motifs is 1. The first-order valence-corrected chi connectivity index (χ1v) is 10.0. The van der Waals surface area contributed by atoms with Crippen LogP contribution < -0.4 is 15.0 Å². The Labute approximate surface area is 171 Å². The molecule has 0 saturated carbocycles. The van der Waals surface area contributed by atoms with Crippen molar-refractivity contribution in [2.45, 2.75) is 54.0 Å². The maximum atomic E-state index is 13.2. The van der Waals surface area contributed by atoms with Crippen LogP contribution in [-0.4, -0.2) is 22.7 Å². The number of hydrogen-bond acceptors (Lipinski definition) is 5. The normalized spacial score (nSPS) is 11.9. The lowest BCUT2D eigenvalue weighted by atomic mass is 10.1. The van der Waals surface area contributed by atoms with Gasteiger partial charge in [0.15, 0.2) is 5.75 Å². The second-order valence-corrected chi connectivity index (χ2v) is 7.46. The molecule has 0 radical (unpaired) electrons. The molecule has 1 unspecified atom stereocenters. The monoisotopic (exact) mass is 402 g/mol. The molecule has 0 spiro atoms. The van der Waals surface area contributed by atoms with Gasteiger partial charge < -0.3 is 14.0 Å². The molecule has 158 valence electrons. The molecule has 0 aliphatic carbocycles. The lowest BCUT2D eigenvalue weighted by Gasteiger charge is -2.19. The summed E-state index contributed by atoms with van der Waals surface area (Å²) >= 11 is 0. The average molecular weight is 402 g/mol. The van der Waals surface area contributed by atoms with Crippen LogP contribution in [0.2, 0.25) is 0 Å². The van der Waals surface area contributed by atoms with E-state index in [0.717, 1.165) is 18.4 Å². The van der Waals surface area contributed by atoms with Crippen LogP contribution in [0.3, 0.4) is 0 Å². The Kier molecular flexibility index (Phi) is 7.82. The fourth-order valence-corrected chi connectivity index (χ4v) is 3.18. The topological polar surface area (TPSA) is 83.6 Å². The first kappa shape index (κ1) is 22.5. The lowest BCUT2D eigenvalue weighted by Crippen LogP contribution is -2.24. The van der Waals surface area contributed by atoms with Crippen LogP contribution in [0, 0.1) is 16.0 Å². The molecule has 0 fully saturated rings. The number of hydrogen-bond donors (Lipinski definition) is 0. The Morgan fingerprint density at radius 3 is 2.55 bits per heavy atom. The molecule has 0 aliphatic rings. The standard InChI is InChI=1S/C22H30N2O5/c1-6-8-16(5)14-29-21-20(28-12-11-15(3)4)18-10-9-17(24(26)27)13-19(18)23(7-2)22(21)25/h9-11,13,16H,6-8,12,14H2,1-5H3. The Bertz CT molecular complexity index is 958. The fourth-order valence-electron chi connectivity index (χ4n) is 3.18. The molecule has 2 rings (SSSR count). The van der Waals surface area contributed by atoms with E-state index >= 15 is 0 Å². The van der Waals surface area contributed by atoms with Crippen LogP contribution in [0.25, 0.3) is 10.9 Å². The molecule has 1 heterocycles. The average Bonchev–Trinajstić information content (AvgIpc) is 2.67. The number of aromatic nitrogens is 1. The molecule has 0 bridgehead atoms. The van der Waals surface area contributed by atoms with Crippen LogP contribution in [-0.2, 0) is 6.54 Å². The number of allylic oxidation sites excluding steroid dienone is 1. The molecule has 7 nitrogen and oxygen atoms in total. The zero-order valence-electron chi connectivity index (χ0n) is 17.9. The molecular weight excluding hydrogens is 372 g/mol. The van der Waals surface area contributed by atoms with Crippen molar-refractivity contribution in [2.75, 3.05) is 13.2 Å². The van der Waals surface area contributed by atoms with Gasteiger partial charge in [0, 0.05) is 24.1 Å². The van der Waals surface area contributed by atoms with E-state index in [0.29, 0.717) is 35.7 Å². The van der Waals surface area contributed by atoms with Gasteiger partial charge in [-0.25, -0.2) is 0 Å². The van der Waals surface area contributed by atoms with Crippen molar-refractivity contribution in [1.82, 2.24) is 4.57 Å². The van der Waals surface area contributed by atoms with Gasteiger partial charge in [0.05, 0.1) is 17.0 Å². The van der Waals surface area contributed by atoms with E-state index in [-0.39, 0.29) is 23.6 Å². The summed E-state index contributed by atoms with van der Waals surface area (Å²) in [4.78, 5) is 23.9. The van der Waals surface area contributed by atoms with Crippen LogP contribution in [0.5, 0.6) is 11.5 Å². The van der Waals surface area contributed by atoms with E-state index in [1.165, 1.54) is 16.7 Å². The molecule has 0 aliphatic heterocycles. The van der Waals surface area contributed by atoms with Crippen molar-refractivity contribution in [2.24, 2.45) is 5.92 Å². The van der Waals surface area contributed by atoms with Crippen molar-refractivity contribution < 1.29 is 14.4 Å². The van der Waals surface area contributed by atoms with Gasteiger partial charge in [-0.1, -0.05) is 25.8 Å². The van der Waals surface area contributed by atoms with Gasteiger partial charge in [-0.2, -0.15) is 0 Å². The molecule has 0 N–H and O–H groups in total. The molecule has 1 atom stereocenters. The summed E-state index contributed by atoms with van der Waals surface area (Å²) in [5, 5.41) is 11.8. The van der Waals surface area contributed by atoms with Crippen LogP contribution in [0.4, 0.5) is 5.69 Å². The Hall–Kier alpha value is -2.83. The van der Waals surface area contributed by atoms with Gasteiger partial charge in [-0.15, -0.1) is 0 Å². The van der Waals surface area contributed by atoms with Gasteiger partial charge >= 0.3 is 0 Å². The largest absolute Gasteiger partial charge is 0.485 e. The molecule has 7 heteroatoms. The van der Waals surface area contributed by atoms with Gasteiger partial charge in [0.2, 0.25) is 5.75 Å². The summed E-state index contributed by atoms with van der Waals surface area (Å²) in [7, 11) is 0. The van der Waals surface area contributed by atoms with Crippen molar-refractivity contribution in [3.05, 3.63) is 50.3 Å². The summed E-state index contributed by atoms with van der Waals surface area (Å²) in [6, 6.07) is 4.46. The van der Waals surface area contributed by atoms with E-state index in [1.54, 1.807) is 6.07 Å². The minimum Gasteiger partial charge on any atom is -0.485 e. The third-order valence-corrected chi connectivity index (χ3v) is 4.70. The fraction of sp³-hybridized carbons (Fsp3) is 0.500. The molecular formula is C22H30N2O5. The van der Waals surface area contributed by atoms with Crippen molar-refractivity contribution >= 4 is 16.6 Å². The maximum absolute atomic E-state index is 13.2. The summed E-state index contributed by atoms with van der Waals surface area (Å²) in [5.41, 5.74) is 1.15. The molecule has 0 amide bonds. The SMILES string of the molecule is CCCC(C)COc1c(OCC=C(C)C)c2ccc([N+](=O)[O-])cc2n(CC)c1=O. The highest BCUT2D eigenvalue weighted by Gasteiger charge is 2.21. The van der Waals surface area contributed by atoms with Gasteiger partial charge in [0.25, 0.3) is 11.2 Å². The molecule has 2 aromatic rings. The van der Waals surface area contributed by atoms with Crippen molar-refractivity contribution in [3.63, 3.8) is 0 Å². The predicted molar refractivity (Wildman–Crippen MR) is 115 cm³/mol. The highest BCUT2D eigenvalue weighted by atomic mass is 16.6. The van der Waals surface area contributed by atoms with E-state index in [4.69, 9.17) is 9.47 Å². The van der Waals surface area contributed by atoms with Crippen molar-refractivity contribution in [1.29, 1.82) is 0 Å². The Morgan fingerprint density at radius 1 is 1.24 bits per heavy atom. The van der Waals surface area contributed by atoms with E-state index in [9.17, 15) is 14.9 Å². The minimum absolute atomic E-state index is 0.0698. The highest BCUT2D eigenvalue weighted by Crippen LogP contribution is 2.35. The van der Waals surface area contributed by atoms with Crippen LogP contribution in [0.15, 0.2) is 34.6 Å². The number of pyridine rings is 1. The lowest BCUT2D eigenvalue weighted by molar-refractivity contribution is -0.384. The second-order valence-electron chi connectivity index (χ2n) is 7.46. The quantitative estimate of drug-likeness (QED) is 0.314.